The number of carbonyl (C=O) groups is 2. The summed E-state index contributed by atoms with van der Waals surface area (Å²) in [6.07, 6.45) is 2.97. The molecule has 8 heteroatoms. The second kappa shape index (κ2) is 7.72. The molecule has 0 spiro atoms. The van der Waals surface area contributed by atoms with E-state index >= 15 is 0 Å². The van der Waals surface area contributed by atoms with E-state index in [1.807, 2.05) is 6.07 Å². The Balaban J connectivity index is 2.07. The van der Waals surface area contributed by atoms with Gasteiger partial charge in [0.25, 0.3) is 5.91 Å². The van der Waals surface area contributed by atoms with Crippen molar-refractivity contribution in [2.45, 2.75) is 0 Å². The fraction of sp³-hybridized carbons (Fsp3) is 0.0667. The van der Waals surface area contributed by atoms with Crippen LogP contribution in [0.1, 0.15) is 5.56 Å². The van der Waals surface area contributed by atoms with Crippen LogP contribution in [0.4, 0.5) is 5.13 Å². The lowest BCUT2D eigenvalue weighted by atomic mass is 10.1. The molecule has 0 aliphatic rings. The summed E-state index contributed by atoms with van der Waals surface area (Å²) in [4.78, 5) is 26.3. The lowest BCUT2D eigenvalue weighted by Gasteiger charge is -2.03. The summed E-state index contributed by atoms with van der Waals surface area (Å²) in [6.45, 7) is -0.436. The Bertz CT molecular complexity index is 761. The highest BCUT2D eigenvalue weighted by Gasteiger charge is 2.10. The van der Waals surface area contributed by atoms with Crippen molar-refractivity contribution < 1.29 is 19.4 Å². The maximum absolute atomic E-state index is 12.0. The summed E-state index contributed by atoms with van der Waals surface area (Å²) in [5.41, 5.74) is 0.540. The number of nitriles is 1. The molecule has 0 aliphatic carbocycles. The van der Waals surface area contributed by atoms with Gasteiger partial charge < -0.3 is 9.84 Å². The van der Waals surface area contributed by atoms with Crippen molar-refractivity contribution in [2.24, 2.45) is 0 Å². The number of thiazole rings is 1. The third-order valence-electron chi connectivity index (χ3n) is 2.57. The molecule has 2 rings (SSSR count). The van der Waals surface area contributed by atoms with Gasteiger partial charge in [0.1, 0.15) is 17.4 Å². The minimum atomic E-state index is -1.07. The van der Waals surface area contributed by atoms with Crippen molar-refractivity contribution in [2.75, 3.05) is 11.9 Å². The molecule has 0 saturated carbocycles. The van der Waals surface area contributed by atoms with Crippen LogP contribution in [0.3, 0.4) is 0 Å². The van der Waals surface area contributed by atoms with Gasteiger partial charge in [-0.3, -0.25) is 10.1 Å². The van der Waals surface area contributed by atoms with Gasteiger partial charge in [0.2, 0.25) is 0 Å². The zero-order chi connectivity index (χ0) is 16.7. The van der Waals surface area contributed by atoms with Gasteiger partial charge in [-0.05, 0) is 23.8 Å². The van der Waals surface area contributed by atoms with Gasteiger partial charge in [0.15, 0.2) is 11.7 Å². The molecule has 7 nitrogen and oxygen atoms in total. The summed E-state index contributed by atoms with van der Waals surface area (Å²) in [7, 11) is 0. The highest BCUT2D eigenvalue weighted by molar-refractivity contribution is 7.13. The molecule has 0 saturated heterocycles. The van der Waals surface area contributed by atoms with Gasteiger partial charge in [-0.1, -0.05) is 12.1 Å². The van der Waals surface area contributed by atoms with Crippen LogP contribution in [0, 0.1) is 11.3 Å². The highest BCUT2D eigenvalue weighted by Crippen LogP contribution is 2.16. The Hall–Kier alpha value is -3.18. The van der Waals surface area contributed by atoms with Crippen LogP contribution in [0.5, 0.6) is 5.75 Å². The number of ether oxygens (including phenoxy) is 1. The zero-order valence-electron chi connectivity index (χ0n) is 11.7. The van der Waals surface area contributed by atoms with Crippen molar-refractivity contribution in [3.8, 4) is 11.8 Å². The molecular weight excluding hydrogens is 318 g/mol. The number of benzene rings is 1. The molecule has 1 heterocycles. The highest BCUT2D eigenvalue weighted by atomic mass is 32.1. The first-order valence-electron chi connectivity index (χ1n) is 6.36. The molecule has 0 fully saturated rings. The molecule has 0 atom stereocenters. The van der Waals surface area contributed by atoms with Gasteiger partial charge in [0.05, 0.1) is 0 Å². The molecule has 1 amide bonds. The molecule has 0 aliphatic heterocycles. The number of rotatable bonds is 6. The van der Waals surface area contributed by atoms with Gasteiger partial charge in [-0.15, -0.1) is 11.3 Å². The fourth-order valence-electron chi connectivity index (χ4n) is 1.57. The van der Waals surface area contributed by atoms with Crippen molar-refractivity contribution in [3.63, 3.8) is 0 Å². The van der Waals surface area contributed by atoms with Crippen molar-refractivity contribution >= 4 is 34.4 Å². The van der Waals surface area contributed by atoms with Crippen LogP contribution in [0.25, 0.3) is 6.08 Å². The van der Waals surface area contributed by atoms with Crippen LogP contribution in [-0.2, 0) is 9.59 Å². The molecule has 2 aromatic rings. The number of aromatic nitrogens is 1. The molecule has 0 unspecified atom stereocenters. The van der Waals surface area contributed by atoms with Gasteiger partial charge in [-0.2, -0.15) is 5.26 Å². The third kappa shape index (κ3) is 4.94. The van der Waals surface area contributed by atoms with Crippen molar-refractivity contribution in [1.82, 2.24) is 4.98 Å². The van der Waals surface area contributed by atoms with E-state index in [9.17, 15) is 9.59 Å². The Morgan fingerprint density at radius 2 is 2.13 bits per heavy atom. The summed E-state index contributed by atoms with van der Waals surface area (Å²) in [5, 5.41) is 22.3. The number of hydrogen-bond donors (Lipinski definition) is 2. The quantitative estimate of drug-likeness (QED) is 0.620. The summed E-state index contributed by atoms with van der Waals surface area (Å²) in [5.74, 6) is -1.23. The summed E-state index contributed by atoms with van der Waals surface area (Å²) < 4.78 is 5.00. The topological polar surface area (TPSA) is 112 Å². The van der Waals surface area contributed by atoms with E-state index in [0.29, 0.717) is 16.4 Å². The smallest absolute Gasteiger partial charge is 0.341 e. The Morgan fingerprint density at radius 3 is 2.70 bits per heavy atom. The Morgan fingerprint density at radius 1 is 1.39 bits per heavy atom. The zero-order valence-corrected chi connectivity index (χ0v) is 12.5. The third-order valence-corrected chi connectivity index (χ3v) is 3.26. The second-order valence-corrected chi connectivity index (χ2v) is 5.11. The second-order valence-electron chi connectivity index (χ2n) is 4.21. The number of carbonyl (C=O) groups excluding carboxylic acids is 1. The first-order chi connectivity index (χ1) is 11.1. The molecule has 0 radical (unpaired) electrons. The molecule has 116 valence electrons. The number of aliphatic carboxylic acids is 1. The van der Waals surface area contributed by atoms with E-state index in [4.69, 9.17) is 15.1 Å². The van der Waals surface area contributed by atoms with Crippen molar-refractivity contribution in [3.05, 3.63) is 47.0 Å². The summed E-state index contributed by atoms with van der Waals surface area (Å²) in [6, 6.07) is 8.18. The number of anilines is 1. The van der Waals surface area contributed by atoms with E-state index in [1.54, 1.807) is 35.8 Å². The maximum Gasteiger partial charge on any atom is 0.341 e. The maximum atomic E-state index is 12.0. The average molecular weight is 329 g/mol. The molecule has 1 aromatic heterocycles. The monoisotopic (exact) mass is 329 g/mol. The molecule has 23 heavy (non-hydrogen) atoms. The van der Waals surface area contributed by atoms with Crippen molar-refractivity contribution in [1.29, 1.82) is 5.26 Å². The fourth-order valence-corrected chi connectivity index (χ4v) is 2.09. The Kier molecular flexibility index (Phi) is 5.44. The normalized spacial score (nSPS) is 10.7. The number of nitrogens with zero attached hydrogens (tertiary/aromatic N) is 2. The predicted molar refractivity (Wildman–Crippen MR) is 83.9 cm³/mol. The number of carboxylic acids is 1. The van der Waals surface area contributed by atoms with Crippen LogP contribution in [-0.4, -0.2) is 28.6 Å². The molecule has 2 N–H and O–H groups in total. The lowest BCUT2D eigenvalue weighted by molar-refractivity contribution is -0.139. The van der Waals surface area contributed by atoms with E-state index in [0.717, 1.165) is 0 Å². The standard InChI is InChI=1S/C15H11N3O4S/c16-8-11(14(21)18-15-17-5-6-23-15)7-10-1-3-12(4-2-10)22-9-13(19)20/h1-7H,9H2,(H,19,20)(H,17,18,21). The van der Waals surface area contributed by atoms with Crippen LogP contribution in [0.15, 0.2) is 41.4 Å². The first-order valence-corrected chi connectivity index (χ1v) is 7.24. The number of hydrogen-bond acceptors (Lipinski definition) is 6. The molecule has 0 bridgehead atoms. The largest absolute Gasteiger partial charge is 0.482 e. The Labute approximate surface area is 135 Å². The van der Waals surface area contributed by atoms with E-state index in [1.165, 1.54) is 17.4 Å². The van der Waals surface area contributed by atoms with E-state index in [2.05, 4.69) is 10.3 Å². The first kappa shape index (κ1) is 16.2. The van der Waals surface area contributed by atoms with E-state index < -0.39 is 18.5 Å². The van der Waals surface area contributed by atoms with Crippen LogP contribution < -0.4 is 10.1 Å². The van der Waals surface area contributed by atoms with Gasteiger partial charge in [-0.25, -0.2) is 9.78 Å². The lowest BCUT2D eigenvalue weighted by Crippen LogP contribution is -2.13. The molecular formula is C15H11N3O4S. The van der Waals surface area contributed by atoms with Crippen LogP contribution in [0.2, 0.25) is 0 Å². The minimum Gasteiger partial charge on any atom is -0.482 e. The molecule has 1 aromatic carbocycles. The van der Waals surface area contributed by atoms with Gasteiger partial charge in [0, 0.05) is 11.6 Å². The average Bonchev–Trinajstić information content (AvgIpc) is 3.04. The predicted octanol–water partition coefficient (Wildman–Crippen LogP) is 2.15. The minimum absolute atomic E-state index is 0.0700. The van der Waals surface area contributed by atoms with E-state index in [-0.39, 0.29) is 5.57 Å². The number of nitrogens with one attached hydrogen (secondary N) is 1. The number of amides is 1. The SMILES string of the molecule is N#CC(=Cc1ccc(OCC(=O)O)cc1)C(=O)Nc1nccs1. The van der Waals surface area contributed by atoms with Gasteiger partial charge >= 0.3 is 5.97 Å². The number of carboxylic acid groups (broad SMARTS) is 1. The summed E-state index contributed by atoms with van der Waals surface area (Å²) >= 11 is 1.25. The van der Waals surface area contributed by atoms with Crippen LogP contribution >= 0.6 is 11.3 Å².